The van der Waals surface area contributed by atoms with Crippen LogP contribution in [0.4, 0.5) is 0 Å². The topological polar surface area (TPSA) is 21.3 Å². The summed E-state index contributed by atoms with van der Waals surface area (Å²) in [6, 6.07) is 7.10. The molecular weight excluding hydrogens is 242 g/mol. The molecule has 1 aromatic carbocycles. The van der Waals surface area contributed by atoms with E-state index >= 15 is 0 Å². The smallest absolute Gasteiger partial charge is 0.0624 e. The maximum absolute atomic E-state index is 5.26. The SMILES string of the molecule is CCCNC(COC)CSc1ccc(C)c(C)c1. The minimum atomic E-state index is 0.432. The number of hydrogen-bond donors (Lipinski definition) is 1. The monoisotopic (exact) mass is 267 g/mol. The molecule has 0 saturated carbocycles. The average molecular weight is 267 g/mol. The molecule has 0 aliphatic carbocycles. The van der Waals surface area contributed by atoms with Crippen molar-refractivity contribution in [3.63, 3.8) is 0 Å². The average Bonchev–Trinajstić information content (AvgIpc) is 2.37. The Kier molecular flexibility index (Phi) is 7.40. The molecule has 1 N–H and O–H groups in total. The van der Waals surface area contributed by atoms with Gasteiger partial charge in [0, 0.05) is 23.8 Å². The van der Waals surface area contributed by atoms with Crippen LogP contribution in [0.5, 0.6) is 0 Å². The molecule has 1 unspecified atom stereocenters. The van der Waals surface area contributed by atoms with Crippen molar-refractivity contribution in [3.8, 4) is 0 Å². The molecule has 3 heteroatoms. The Labute approximate surface area is 116 Å². The normalized spacial score (nSPS) is 12.7. The van der Waals surface area contributed by atoms with Gasteiger partial charge < -0.3 is 10.1 Å². The van der Waals surface area contributed by atoms with Crippen molar-refractivity contribution < 1.29 is 4.74 Å². The minimum Gasteiger partial charge on any atom is -0.383 e. The van der Waals surface area contributed by atoms with Crippen molar-refractivity contribution in [3.05, 3.63) is 29.3 Å². The van der Waals surface area contributed by atoms with E-state index in [0.29, 0.717) is 6.04 Å². The molecule has 0 saturated heterocycles. The van der Waals surface area contributed by atoms with Crippen LogP contribution in [0.3, 0.4) is 0 Å². The van der Waals surface area contributed by atoms with Crippen LogP contribution in [-0.2, 0) is 4.74 Å². The van der Waals surface area contributed by atoms with Gasteiger partial charge in [-0.25, -0.2) is 0 Å². The van der Waals surface area contributed by atoms with Gasteiger partial charge in [-0.3, -0.25) is 0 Å². The highest BCUT2D eigenvalue weighted by Gasteiger charge is 2.08. The van der Waals surface area contributed by atoms with Gasteiger partial charge in [-0.1, -0.05) is 13.0 Å². The summed E-state index contributed by atoms with van der Waals surface area (Å²) in [4.78, 5) is 1.34. The van der Waals surface area contributed by atoms with Gasteiger partial charge in [0.05, 0.1) is 6.61 Å². The Balaban J connectivity index is 2.47. The molecule has 0 aromatic heterocycles. The van der Waals surface area contributed by atoms with E-state index in [4.69, 9.17) is 4.74 Å². The second kappa shape index (κ2) is 8.57. The first-order chi connectivity index (χ1) is 8.67. The van der Waals surface area contributed by atoms with Crippen molar-refractivity contribution in [2.75, 3.05) is 26.0 Å². The summed E-state index contributed by atoms with van der Waals surface area (Å²) >= 11 is 1.90. The van der Waals surface area contributed by atoms with E-state index in [1.54, 1.807) is 7.11 Å². The molecule has 1 rings (SSSR count). The van der Waals surface area contributed by atoms with Gasteiger partial charge >= 0.3 is 0 Å². The molecule has 0 fully saturated rings. The molecule has 0 bridgehead atoms. The Bertz CT molecular complexity index is 354. The fourth-order valence-corrected chi connectivity index (χ4v) is 2.75. The first-order valence-electron chi connectivity index (χ1n) is 6.59. The molecule has 102 valence electrons. The molecule has 0 heterocycles. The second-order valence-corrected chi connectivity index (χ2v) is 5.76. The van der Waals surface area contributed by atoms with Crippen molar-refractivity contribution in [2.24, 2.45) is 0 Å². The lowest BCUT2D eigenvalue weighted by Crippen LogP contribution is -2.35. The van der Waals surface area contributed by atoms with Gasteiger partial charge in [0.15, 0.2) is 0 Å². The summed E-state index contributed by atoms with van der Waals surface area (Å²) in [5.74, 6) is 1.05. The number of aryl methyl sites for hydroxylation is 2. The van der Waals surface area contributed by atoms with E-state index in [2.05, 4.69) is 44.3 Å². The second-order valence-electron chi connectivity index (χ2n) is 4.66. The summed E-state index contributed by atoms with van der Waals surface area (Å²) in [6.45, 7) is 8.34. The summed E-state index contributed by atoms with van der Waals surface area (Å²) in [5.41, 5.74) is 2.72. The van der Waals surface area contributed by atoms with Gasteiger partial charge in [0.25, 0.3) is 0 Å². The number of hydrogen-bond acceptors (Lipinski definition) is 3. The Morgan fingerprint density at radius 1 is 1.28 bits per heavy atom. The van der Waals surface area contributed by atoms with Gasteiger partial charge in [-0.05, 0) is 50.1 Å². The standard InChI is InChI=1S/C15H25NOS/c1-5-8-16-14(10-17-4)11-18-15-7-6-12(2)13(3)9-15/h6-7,9,14,16H,5,8,10-11H2,1-4H3. The zero-order chi connectivity index (χ0) is 13.4. The van der Waals surface area contributed by atoms with Gasteiger partial charge in [-0.2, -0.15) is 0 Å². The molecule has 0 amide bonds. The van der Waals surface area contributed by atoms with Crippen LogP contribution in [0.2, 0.25) is 0 Å². The highest BCUT2D eigenvalue weighted by atomic mass is 32.2. The Morgan fingerprint density at radius 2 is 2.06 bits per heavy atom. The predicted molar refractivity (Wildman–Crippen MR) is 80.6 cm³/mol. The van der Waals surface area contributed by atoms with Crippen molar-refractivity contribution in [1.29, 1.82) is 0 Å². The number of nitrogens with one attached hydrogen (secondary N) is 1. The summed E-state index contributed by atoms with van der Waals surface area (Å²) in [5, 5.41) is 3.52. The summed E-state index contributed by atoms with van der Waals surface area (Å²) in [7, 11) is 1.77. The number of rotatable bonds is 8. The van der Waals surface area contributed by atoms with Crippen molar-refractivity contribution in [1.82, 2.24) is 5.32 Å². The Morgan fingerprint density at radius 3 is 2.67 bits per heavy atom. The van der Waals surface area contributed by atoms with Crippen LogP contribution in [0.1, 0.15) is 24.5 Å². The third-order valence-corrected chi connectivity index (χ3v) is 4.14. The quantitative estimate of drug-likeness (QED) is 0.729. The fraction of sp³-hybridized carbons (Fsp3) is 0.600. The zero-order valence-electron chi connectivity index (χ0n) is 12.0. The summed E-state index contributed by atoms with van der Waals surface area (Å²) < 4.78 is 5.26. The third kappa shape index (κ3) is 5.42. The maximum atomic E-state index is 5.26. The lowest BCUT2D eigenvalue weighted by atomic mass is 10.1. The molecule has 1 aromatic rings. The van der Waals surface area contributed by atoms with Gasteiger partial charge in [0.2, 0.25) is 0 Å². The maximum Gasteiger partial charge on any atom is 0.0624 e. The molecule has 1 atom stereocenters. The van der Waals surface area contributed by atoms with Crippen molar-refractivity contribution >= 4 is 11.8 Å². The minimum absolute atomic E-state index is 0.432. The zero-order valence-corrected chi connectivity index (χ0v) is 12.8. The van der Waals surface area contributed by atoms with Crippen LogP contribution in [0.25, 0.3) is 0 Å². The number of benzene rings is 1. The molecule has 18 heavy (non-hydrogen) atoms. The van der Waals surface area contributed by atoms with Crippen LogP contribution in [-0.4, -0.2) is 32.1 Å². The summed E-state index contributed by atoms with van der Waals surface area (Å²) in [6.07, 6.45) is 1.16. The van der Waals surface area contributed by atoms with E-state index in [1.165, 1.54) is 16.0 Å². The molecular formula is C15H25NOS. The largest absolute Gasteiger partial charge is 0.383 e. The molecule has 0 spiro atoms. The highest BCUT2D eigenvalue weighted by Crippen LogP contribution is 2.21. The first kappa shape index (κ1) is 15.5. The highest BCUT2D eigenvalue weighted by molar-refractivity contribution is 7.99. The number of ether oxygens (including phenoxy) is 1. The first-order valence-corrected chi connectivity index (χ1v) is 7.58. The van der Waals surface area contributed by atoms with Crippen LogP contribution in [0.15, 0.2) is 23.1 Å². The van der Waals surface area contributed by atoms with Crippen LogP contribution >= 0.6 is 11.8 Å². The molecule has 0 radical (unpaired) electrons. The molecule has 0 aliphatic heterocycles. The third-order valence-electron chi connectivity index (χ3n) is 2.98. The van der Waals surface area contributed by atoms with Crippen molar-refractivity contribution in [2.45, 2.75) is 38.1 Å². The number of thioether (sulfide) groups is 1. The van der Waals surface area contributed by atoms with Crippen LogP contribution in [0, 0.1) is 13.8 Å². The fourth-order valence-electron chi connectivity index (χ4n) is 1.72. The number of methoxy groups -OCH3 is 1. The van der Waals surface area contributed by atoms with E-state index in [9.17, 15) is 0 Å². The van der Waals surface area contributed by atoms with E-state index in [-0.39, 0.29) is 0 Å². The lowest BCUT2D eigenvalue weighted by molar-refractivity contribution is 0.174. The lowest BCUT2D eigenvalue weighted by Gasteiger charge is -2.17. The molecule has 2 nitrogen and oxygen atoms in total. The molecule has 0 aliphatic rings. The predicted octanol–water partition coefficient (Wildman–Crippen LogP) is 3.41. The van der Waals surface area contributed by atoms with Crippen LogP contribution < -0.4 is 5.32 Å². The van der Waals surface area contributed by atoms with Gasteiger partial charge in [-0.15, -0.1) is 11.8 Å². The Hall–Kier alpha value is -0.510. The van der Waals surface area contributed by atoms with Gasteiger partial charge in [0.1, 0.15) is 0 Å². The van der Waals surface area contributed by atoms with E-state index in [1.807, 2.05) is 11.8 Å². The van der Waals surface area contributed by atoms with E-state index < -0.39 is 0 Å². The van der Waals surface area contributed by atoms with E-state index in [0.717, 1.165) is 25.3 Å².